The summed E-state index contributed by atoms with van der Waals surface area (Å²) in [4.78, 5) is 23.2. The normalized spacial score (nSPS) is 11.8. The number of hydrogen-bond donors (Lipinski definition) is 1. The fourth-order valence-corrected chi connectivity index (χ4v) is 2.19. The van der Waals surface area contributed by atoms with Crippen LogP contribution in [-0.2, 0) is 6.42 Å². The predicted octanol–water partition coefficient (Wildman–Crippen LogP) is -2.13. The number of rotatable bonds is 6. The van der Waals surface area contributed by atoms with Crippen LogP contribution in [0.1, 0.15) is 36.4 Å². The Morgan fingerprint density at radius 2 is 2.13 bits per heavy atom. The van der Waals surface area contributed by atoms with Crippen molar-refractivity contribution in [1.29, 1.82) is 0 Å². The number of carboxylic acid groups (broad SMARTS) is 1. The molecule has 0 fully saturated rings. The average molecular weight is 328 g/mol. The van der Waals surface area contributed by atoms with Crippen LogP contribution < -0.4 is 44.8 Å². The molecule has 7 heteroatoms. The van der Waals surface area contributed by atoms with Crippen LogP contribution >= 0.6 is 0 Å². The van der Waals surface area contributed by atoms with Crippen LogP contribution in [0, 0.1) is 0 Å². The molecule has 1 unspecified atom stereocenters. The largest absolute Gasteiger partial charge is 1.00 e. The molecule has 1 N–H and O–H groups in total. The van der Waals surface area contributed by atoms with Crippen molar-refractivity contribution < 1.29 is 53.7 Å². The zero-order valence-electron chi connectivity index (χ0n) is 13.4. The quantitative estimate of drug-likeness (QED) is 0.608. The molecule has 23 heavy (non-hydrogen) atoms. The van der Waals surface area contributed by atoms with Crippen molar-refractivity contribution in [3.63, 3.8) is 0 Å². The zero-order chi connectivity index (χ0) is 16.3. The van der Waals surface area contributed by atoms with Gasteiger partial charge in [-0.25, -0.2) is 0 Å². The molecule has 0 amide bonds. The first-order valence-electron chi connectivity index (χ1n) is 7.06. The second-order valence-electron chi connectivity index (χ2n) is 5.10. The number of carboxylic acids is 1. The molecule has 1 heterocycles. The molecule has 0 aliphatic heterocycles. The summed E-state index contributed by atoms with van der Waals surface area (Å²) in [5.41, 5.74) is 0.401. The van der Waals surface area contributed by atoms with E-state index in [1.54, 1.807) is 19.1 Å². The van der Waals surface area contributed by atoms with E-state index in [1.165, 1.54) is 0 Å². The van der Waals surface area contributed by atoms with Crippen molar-refractivity contribution >= 4 is 16.9 Å². The summed E-state index contributed by atoms with van der Waals surface area (Å²) < 4.78 is 10.8. The summed E-state index contributed by atoms with van der Waals surface area (Å²) in [5.74, 6) is -1.80. The SMILES string of the molecule is CCCc1ccc(OCC(C)O)c2c(=O)cc(C(=O)[O-])oc12.[Na+]. The van der Waals surface area contributed by atoms with Crippen molar-refractivity contribution in [1.82, 2.24) is 0 Å². The Hall–Kier alpha value is -1.34. The number of aliphatic hydroxyl groups is 1. The standard InChI is InChI=1S/C16H18O6.Na/c1-3-4-10-5-6-12(21-8-9(2)17)14-11(18)7-13(16(19)20)22-15(10)14;/h5-7,9,17H,3-4,8H2,1-2H3,(H,19,20);/q;+1/p-1. The van der Waals surface area contributed by atoms with Crippen molar-refractivity contribution in [3.8, 4) is 5.75 Å². The van der Waals surface area contributed by atoms with Crippen LogP contribution in [-0.4, -0.2) is 23.8 Å². The first kappa shape index (κ1) is 19.7. The summed E-state index contributed by atoms with van der Waals surface area (Å²) in [6.07, 6.45) is 0.745. The smallest absolute Gasteiger partial charge is 0.542 e. The maximum atomic E-state index is 12.2. The summed E-state index contributed by atoms with van der Waals surface area (Å²) in [7, 11) is 0. The van der Waals surface area contributed by atoms with Crippen molar-refractivity contribution in [2.75, 3.05) is 6.61 Å². The van der Waals surface area contributed by atoms with Gasteiger partial charge in [0.05, 0.1) is 6.10 Å². The van der Waals surface area contributed by atoms with E-state index in [4.69, 9.17) is 9.15 Å². The molecular formula is C16H17NaO6. The Balaban J connectivity index is 0.00000264. The van der Waals surface area contributed by atoms with Crippen LogP contribution in [0.25, 0.3) is 11.0 Å². The van der Waals surface area contributed by atoms with Gasteiger partial charge in [-0.2, -0.15) is 0 Å². The number of aryl methyl sites for hydroxylation is 1. The van der Waals surface area contributed by atoms with Crippen LogP contribution in [0.3, 0.4) is 0 Å². The molecule has 2 aromatic rings. The maximum absolute atomic E-state index is 12.2. The molecule has 0 spiro atoms. The van der Waals surface area contributed by atoms with E-state index in [-0.39, 0.29) is 52.9 Å². The molecular weight excluding hydrogens is 311 g/mol. The van der Waals surface area contributed by atoms with E-state index in [0.29, 0.717) is 6.42 Å². The minimum absolute atomic E-state index is 0. The van der Waals surface area contributed by atoms with Crippen molar-refractivity contribution in [2.24, 2.45) is 0 Å². The minimum atomic E-state index is -1.54. The van der Waals surface area contributed by atoms with Crippen LogP contribution in [0.4, 0.5) is 0 Å². The molecule has 1 aromatic heterocycles. The van der Waals surface area contributed by atoms with Gasteiger partial charge in [0.1, 0.15) is 29.3 Å². The Morgan fingerprint density at radius 3 is 2.70 bits per heavy atom. The fraction of sp³-hybridized carbons (Fsp3) is 0.375. The van der Waals surface area contributed by atoms with Gasteiger partial charge in [0.2, 0.25) is 0 Å². The van der Waals surface area contributed by atoms with Crippen LogP contribution in [0.5, 0.6) is 5.75 Å². The second kappa shape index (κ2) is 8.49. The molecule has 6 nitrogen and oxygen atoms in total. The molecule has 2 rings (SSSR count). The Bertz CT molecular complexity index is 750. The summed E-state index contributed by atoms with van der Waals surface area (Å²) in [6.45, 7) is 3.54. The molecule has 0 bridgehead atoms. The fourth-order valence-electron chi connectivity index (χ4n) is 2.19. The number of aromatic carboxylic acids is 1. The van der Waals surface area contributed by atoms with E-state index in [9.17, 15) is 19.8 Å². The Morgan fingerprint density at radius 1 is 1.43 bits per heavy atom. The number of fused-ring (bicyclic) bond motifs is 1. The number of hydrogen-bond acceptors (Lipinski definition) is 6. The third-order valence-electron chi connectivity index (χ3n) is 3.12. The van der Waals surface area contributed by atoms with E-state index in [0.717, 1.165) is 18.1 Å². The Labute approximate surface area is 155 Å². The van der Waals surface area contributed by atoms with Crippen LogP contribution in [0.15, 0.2) is 27.4 Å². The van der Waals surface area contributed by atoms with Crippen molar-refractivity contribution in [3.05, 3.63) is 39.7 Å². The Kier molecular flexibility index (Phi) is 7.28. The predicted molar refractivity (Wildman–Crippen MR) is 78.0 cm³/mol. The van der Waals surface area contributed by atoms with Crippen molar-refractivity contribution in [2.45, 2.75) is 32.8 Å². The summed E-state index contributed by atoms with van der Waals surface area (Å²) in [5, 5.41) is 20.4. The average Bonchev–Trinajstić information content (AvgIpc) is 2.46. The summed E-state index contributed by atoms with van der Waals surface area (Å²) >= 11 is 0. The molecule has 0 aliphatic carbocycles. The summed E-state index contributed by atoms with van der Waals surface area (Å²) in [6, 6.07) is 4.24. The van der Waals surface area contributed by atoms with Gasteiger partial charge >= 0.3 is 29.6 Å². The van der Waals surface area contributed by atoms with Gasteiger partial charge < -0.3 is 24.2 Å². The molecule has 1 atom stereocenters. The van der Waals surface area contributed by atoms with Gasteiger partial charge in [0.25, 0.3) is 0 Å². The van der Waals surface area contributed by atoms with E-state index >= 15 is 0 Å². The second-order valence-corrected chi connectivity index (χ2v) is 5.10. The van der Waals surface area contributed by atoms with Gasteiger partial charge in [0, 0.05) is 6.07 Å². The van der Waals surface area contributed by atoms with E-state index in [2.05, 4.69) is 0 Å². The molecule has 0 aliphatic rings. The van der Waals surface area contributed by atoms with Gasteiger partial charge in [-0.05, 0) is 25.0 Å². The van der Waals surface area contributed by atoms with Crippen LogP contribution in [0.2, 0.25) is 0 Å². The molecule has 118 valence electrons. The van der Waals surface area contributed by atoms with Gasteiger partial charge in [-0.15, -0.1) is 0 Å². The van der Waals surface area contributed by atoms with Gasteiger partial charge in [-0.1, -0.05) is 19.4 Å². The molecule has 0 saturated heterocycles. The number of benzene rings is 1. The first-order chi connectivity index (χ1) is 10.4. The first-order valence-corrected chi connectivity index (χ1v) is 7.06. The topological polar surface area (TPSA) is 99.8 Å². The zero-order valence-corrected chi connectivity index (χ0v) is 15.4. The number of ether oxygens (including phenoxy) is 1. The monoisotopic (exact) mass is 328 g/mol. The molecule has 0 saturated carbocycles. The van der Waals surface area contributed by atoms with E-state index < -0.39 is 23.3 Å². The van der Waals surface area contributed by atoms with Gasteiger partial charge in [0.15, 0.2) is 11.2 Å². The third kappa shape index (κ3) is 4.57. The number of carbonyl (C=O) groups is 1. The minimum Gasteiger partial charge on any atom is -0.542 e. The maximum Gasteiger partial charge on any atom is 1.00 e. The number of aliphatic hydroxyl groups excluding tert-OH is 1. The third-order valence-corrected chi connectivity index (χ3v) is 3.12. The number of carbonyl (C=O) groups excluding carboxylic acids is 1. The van der Waals surface area contributed by atoms with Gasteiger partial charge in [-0.3, -0.25) is 4.79 Å². The van der Waals surface area contributed by atoms with E-state index in [1.807, 2.05) is 6.92 Å². The molecule has 0 radical (unpaired) electrons. The molecule has 1 aromatic carbocycles.